The van der Waals surface area contributed by atoms with Crippen LogP contribution >= 0.6 is 0 Å². The van der Waals surface area contributed by atoms with Crippen molar-refractivity contribution in [1.82, 2.24) is 0 Å². The third kappa shape index (κ3) is 7.41. The Kier molecular flexibility index (Phi) is 9.55. The Morgan fingerprint density at radius 2 is 1.57 bits per heavy atom. The molecule has 0 amide bonds. The largest absolute Gasteiger partial charge is 0.0654 e. The van der Waals surface area contributed by atoms with Crippen molar-refractivity contribution in [3.63, 3.8) is 0 Å². The Morgan fingerprint density at radius 3 is 2.07 bits per heavy atom. The van der Waals surface area contributed by atoms with Gasteiger partial charge in [-0.3, -0.25) is 0 Å². The first-order valence-electron chi connectivity index (χ1n) is 6.74. The summed E-state index contributed by atoms with van der Waals surface area (Å²) in [6.45, 7) is 9.38. The summed E-state index contributed by atoms with van der Waals surface area (Å²) in [6.07, 6.45) is 11.3. The van der Waals surface area contributed by atoms with E-state index in [1.165, 1.54) is 51.4 Å². The molecule has 2 atom stereocenters. The molecule has 2 unspecified atom stereocenters. The van der Waals surface area contributed by atoms with E-state index in [-0.39, 0.29) is 0 Å². The minimum absolute atomic E-state index is 0.957. The molecule has 0 aliphatic rings. The maximum absolute atomic E-state index is 2.44. The average Bonchev–Trinajstić information content (AvgIpc) is 2.17. The summed E-state index contributed by atoms with van der Waals surface area (Å²) in [4.78, 5) is 0. The Bertz CT molecular complexity index is 107. The number of hydrogen-bond donors (Lipinski definition) is 0. The Balaban J connectivity index is 3.51. The molecule has 0 heterocycles. The van der Waals surface area contributed by atoms with Gasteiger partial charge in [0.25, 0.3) is 0 Å². The van der Waals surface area contributed by atoms with Crippen LogP contribution in [-0.4, -0.2) is 0 Å². The van der Waals surface area contributed by atoms with Gasteiger partial charge < -0.3 is 0 Å². The molecule has 0 nitrogen and oxygen atoms in total. The monoisotopic (exact) mass is 198 g/mol. The summed E-state index contributed by atoms with van der Waals surface area (Å²) in [5.41, 5.74) is 0. The van der Waals surface area contributed by atoms with E-state index in [1.54, 1.807) is 0 Å². The van der Waals surface area contributed by atoms with E-state index in [1.807, 2.05) is 0 Å². The third-order valence-corrected chi connectivity index (χ3v) is 3.31. The molecule has 0 bridgehead atoms. The fraction of sp³-hybridized carbons (Fsp3) is 1.00. The highest BCUT2D eigenvalue weighted by Gasteiger charge is 2.10. The molecule has 0 aliphatic heterocycles. The molecule has 0 heteroatoms. The van der Waals surface area contributed by atoms with E-state index >= 15 is 0 Å². The van der Waals surface area contributed by atoms with E-state index in [0.717, 1.165) is 11.8 Å². The average molecular weight is 198 g/mol. The summed E-state index contributed by atoms with van der Waals surface area (Å²) in [6, 6.07) is 0. The van der Waals surface area contributed by atoms with Crippen molar-refractivity contribution in [2.75, 3.05) is 0 Å². The molecule has 0 saturated heterocycles. The van der Waals surface area contributed by atoms with Crippen LogP contribution in [0.1, 0.15) is 79.1 Å². The second-order valence-electron chi connectivity index (χ2n) is 4.90. The van der Waals surface area contributed by atoms with Gasteiger partial charge in [0.15, 0.2) is 0 Å². The first-order valence-corrected chi connectivity index (χ1v) is 6.74. The smallest absolute Gasteiger partial charge is 0.0414 e. The van der Waals surface area contributed by atoms with E-state index < -0.39 is 0 Å². The molecular weight excluding hydrogens is 168 g/mol. The fourth-order valence-corrected chi connectivity index (χ4v) is 2.33. The molecule has 0 aromatic rings. The maximum atomic E-state index is 2.44. The predicted molar refractivity (Wildman–Crippen MR) is 66.6 cm³/mol. The van der Waals surface area contributed by atoms with Crippen LogP contribution in [0.25, 0.3) is 0 Å². The summed E-state index contributed by atoms with van der Waals surface area (Å²) in [5.74, 6) is 1.95. The van der Waals surface area contributed by atoms with Crippen LogP contribution in [0.15, 0.2) is 0 Å². The predicted octanol–water partition coefficient (Wildman–Crippen LogP) is 5.42. The van der Waals surface area contributed by atoms with Gasteiger partial charge in [-0.2, -0.15) is 0 Å². The molecule has 86 valence electrons. The van der Waals surface area contributed by atoms with Crippen LogP contribution < -0.4 is 0 Å². The van der Waals surface area contributed by atoms with Crippen molar-refractivity contribution >= 4 is 0 Å². The Morgan fingerprint density at radius 1 is 0.857 bits per heavy atom. The first-order chi connectivity index (χ1) is 6.74. The van der Waals surface area contributed by atoms with Crippen LogP contribution in [0.5, 0.6) is 0 Å². The second kappa shape index (κ2) is 9.55. The minimum atomic E-state index is 0.957. The van der Waals surface area contributed by atoms with Gasteiger partial charge in [-0.25, -0.2) is 0 Å². The Labute approximate surface area is 91.5 Å². The van der Waals surface area contributed by atoms with Crippen molar-refractivity contribution in [1.29, 1.82) is 0 Å². The second-order valence-corrected chi connectivity index (χ2v) is 4.90. The van der Waals surface area contributed by atoms with Gasteiger partial charge in [-0.1, -0.05) is 72.6 Å². The molecule has 0 aliphatic carbocycles. The Hall–Kier alpha value is 0. The van der Waals surface area contributed by atoms with Gasteiger partial charge in [-0.15, -0.1) is 0 Å². The van der Waals surface area contributed by atoms with Crippen LogP contribution in [0.3, 0.4) is 0 Å². The number of rotatable bonds is 9. The zero-order valence-electron chi connectivity index (χ0n) is 10.8. The van der Waals surface area contributed by atoms with Gasteiger partial charge in [0, 0.05) is 0 Å². The van der Waals surface area contributed by atoms with Gasteiger partial charge in [0.1, 0.15) is 0 Å². The SMILES string of the molecule is CCCCCC(C)CC(CC)CCC. The molecule has 0 aromatic heterocycles. The summed E-state index contributed by atoms with van der Waals surface area (Å²) < 4.78 is 0. The minimum Gasteiger partial charge on any atom is -0.0654 e. The quantitative estimate of drug-likeness (QED) is 0.434. The lowest BCUT2D eigenvalue weighted by Crippen LogP contribution is -2.05. The maximum Gasteiger partial charge on any atom is -0.0414 e. The van der Waals surface area contributed by atoms with Crippen LogP contribution in [0, 0.1) is 11.8 Å². The molecule has 0 fully saturated rings. The zero-order chi connectivity index (χ0) is 10.8. The van der Waals surface area contributed by atoms with Crippen molar-refractivity contribution < 1.29 is 0 Å². The van der Waals surface area contributed by atoms with Gasteiger partial charge >= 0.3 is 0 Å². The molecule has 0 radical (unpaired) electrons. The molecule has 14 heavy (non-hydrogen) atoms. The lowest BCUT2D eigenvalue weighted by atomic mass is 9.87. The van der Waals surface area contributed by atoms with Gasteiger partial charge in [-0.05, 0) is 18.3 Å². The summed E-state index contributed by atoms with van der Waals surface area (Å²) in [7, 11) is 0. The topological polar surface area (TPSA) is 0 Å². The van der Waals surface area contributed by atoms with Crippen molar-refractivity contribution in [2.45, 2.75) is 79.1 Å². The highest BCUT2D eigenvalue weighted by Crippen LogP contribution is 2.23. The molecule has 0 rings (SSSR count). The van der Waals surface area contributed by atoms with E-state index in [4.69, 9.17) is 0 Å². The first kappa shape index (κ1) is 14.0. The van der Waals surface area contributed by atoms with E-state index in [0.29, 0.717) is 0 Å². The summed E-state index contributed by atoms with van der Waals surface area (Å²) in [5, 5.41) is 0. The summed E-state index contributed by atoms with van der Waals surface area (Å²) >= 11 is 0. The van der Waals surface area contributed by atoms with Crippen molar-refractivity contribution in [2.24, 2.45) is 11.8 Å². The van der Waals surface area contributed by atoms with Gasteiger partial charge in [0.2, 0.25) is 0 Å². The van der Waals surface area contributed by atoms with E-state index in [2.05, 4.69) is 27.7 Å². The lowest BCUT2D eigenvalue weighted by Gasteiger charge is -2.18. The fourth-order valence-electron chi connectivity index (χ4n) is 2.33. The normalized spacial score (nSPS) is 15.4. The van der Waals surface area contributed by atoms with Gasteiger partial charge in [0.05, 0.1) is 0 Å². The molecule has 0 N–H and O–H groups in total. The van der Waals surface area contributed by atoms with Crippen LogP contribution in [0.4, 0.5) is 0 Å². The molecular formula is C14H30. The number of hydrogen-bond acceptors (Lipinski definition) is 0. The van der Waals surface area contributed by atoms with Crippen molar-refractivity contribution in [3.05, 3.63) is 0 Å². The van der Waals surface area contributed by atoms with Crippen LogP contribution in [-0.2, 0) is 0 Å². The van der Waals surface area contributed by atoms with E-state index in [9.17, 15) is 0 Å². The standard InChI is InChI=1S/C14H30/c1-5-8-9-11-13(4)12-14(7-3)10-6-2/h13-14H,5-12H2,1-4H3. The highest BCUT2D eigenvalue weighted by molar-refractivity contribution is 4.62. The third-order valence-electron chi connectivity index (χ3n) is 3.31. The zero-order valence-corrected chi connectivity index (χ0v) is 10.8. The number of unbranched alkanes of at least 4 members (excludes halogenated alkanes) is 2. The molecule has 0 spiro atoms. The van der Waals surface area contributed by atoms with Crippen LogP contribution in [0.2, 0.25) is 0 Å². The molecule has 0 saturated carbocycles. The molecule has 0 aromatic carbocycles. The lowest BCUT2D eigenvalue weighted by molar-refractivity contribution is 0.338. The highest BCUT2D eigenvalue weighted by atomic mass is 14.2. The van der Waals surface area contributed by atoms with Crippen molar-refractivity contribution in [3.8, 4) is 0 Å².